The van der Waals surface area contributed by atoms with Crippen molar-refractivity contribution in [2.45, 2.75) is 30.3 Å². The Balaban J connectivity index is 2.34. The highest BCUT2D eigenvalue weighted by molar-refractivity contribution is 7.99. The zero-order valence-electron chi connectivity index (χ0n) is 12.4. The Morgan fingerprint density at radius 3 is 2.76 bits per heavy atom. The Morgan fingerprint density at radius 1 is 1.43 bits per heavy atom. The number of nitrogens with one attached hydrogen (secondary N) is 1. The fourth-order valence-corrected chi connectivity index (χ4v) is 3.31. The van der Waals surface area contributed by atoms with Gasteiger partial charge in [-0.15, -0.1) is 5.10 Å². The van der Waals surface area contributed by atoms with Gasteiger partial charge in [0.2, 0.25) is 0 Å². The molecule has 0 aliphatic carbocycles. The highest BCUT2D eigenvalue weighted by Gasteiger charge is 2.20. The first kappa shape index (κ1) is 15.7. The molecule has 114 valence electrons. The Kier molecular flexibility index (Phi) is 5.08. The monoisotopic (exact) mass is 308 g/mol. The Labute approximate surface area is 127 Å². The topological polar surface area (TPSA) is 85.9 Å². The van der Waals surface area contributed by atoms with Crippen LogP contribution in [0.3, 0.4) is 0 Å². The number of rotatable bonds is 6. The number of para-hydroxylation sites is 1. The van der Waals surface area contributed by atoms with Crippen LogP contribution in [0.1, 0.15) is 30.7 Å². The zero-order valence-corrected chi connectivity index (χ0v) is 13.2. The van der Waals surface area contributed by atoms with Gasteiger partial charge < -0.3 is 10.5 Å². The second-order valence-electron chi connectivity index (χ2n) is 4.86. The molecule has 1 unspecified atom stereocenters. The van der Waals surface area contributed by atoms with Crippen LogP contribution >= 0.6 is 11.8 Å². The number of aromatic amines is 1. The maximum Gasteiger partial charge on any atom is 0.344 e. The lowest BCUT2D eigenvalue weighted by atomic mass is 10.1. The van der Waals surface area contributed by atoms with Gasteiger partial charge in [-0.3, -0.25) is 4.57 Å². The number of thioether (sulfide) groups is 1. The minimum atomic E-state index is -0.205. The molecule has 0 saturated carbocycles. The number of nitrogens with two attached hydrogens (primary N) is 1. The average molecular weight is 308 g/mol. The molecule has 1 aromatic heterocycles. The van der Waals surface area contributed by atoms with E-state index in [0.29, 0.717) is 11.7 Å². The van der Waals surface area contributed by atoms with Crippen molar-refractivity contribution in [3.05, 3.63) is 40.3 Å². The summed E-state index contributed by atoms with van der Waals surface area (Å²) in [6.07, 6.45) is 0. The number of benzene rings is 1. The van der Waals surface area contributed by atoms with Crippen LogP contribution in [0, 0.1) is 0 Å². The largest absolute Gasteiger partial charge is 0.496 e. The van der Waals surface area contributed by atoms with Crippen molar-refractivity contribution in [1.29, 1.82) is 0 Å². The molecule has 2 aromatic rings. The van der Waals surface area contributed by atoms with Gasteiger partial charge >= 0.3 is 5.69 Å². The summed E-state index contributed by atoms with van der Waals surface area (Å²) >= 11 is 1.46. The molecule has 3 N–H and O–H groups in total. The number of H-pyrrole nitrogens is 1. The van der Waals surface area contributed by atoms with E-state index in [1.54, 1.807) is 11.7 Å². The van der Waals surface area contributed by atoms with Crippen LogP contribution < -0.4 is 16.2 Å². The van der Waals surface area contributed by atoms with Gasteiger partial charge in [-0.2, -0.15) is 0 Å². The van der Waals surface area contributed by atoms with Crippen molar-refractivity contribution < 1.29 is 4.74 Å². The van der Waals surface area contributed by atoms with E-state index in [1.165, 1.54) is 11.8 Å². The third kappa shape index (κ3) is 3.30. The average Bonchev–Trinajstić information content (AvgIpc) is 2.85. The quantitative estimate of drug-likeness (QED) is 0.797. The molecular weight excluding hydrogens is 288 g/mol. The minimum absolute atomic E-state index is 0.0335. The molecule has 6 nitrogen and oxygen atoms in total. The van der Waals surface area contributed by atoms with E-state index in [0.717, 1.165) is 11.3 Å². The van der Waals surface area contributed by atoms with Crippen molar-refractivity contribution in [2.24, 2.45) is 5.73 Å². The molecule has 0 radical (unpaired) electrons. The number of ether oxygens (including phenoxy) is 1. The number of aromatic nitrogens is 3. The molecule has 0 bridgehead atoms. The summed E-state index contributed by atoms with van der Waals surface area (Å²) in [6.45, 7) is 4.31. The van der Waals surface area contributed by atoms with Gasteiger partial charge in [0.25, 0.3) is 0 Å². The highest BCUT2D eigenvalue weighted by Crippen LogP contribution is 2.37. The summed E-state index contributed by atoms with van der Waals surface area (Å²) in [6, 6.07) is 7.78. The molecule has 1 aromatic carbocycles. The van der Waals surface area contributed by atoms with Gasteiger partial charge in [0.15, 0.2) is 5.16 Å². The van der Waals surface area contributed by atoms with Gasteiger partial charge in [-0.05, 0) is 19.9 Å². The summed E-state index contributed by atoms with van der Waals surface area (Å²) in [4.78, 5) is 11.8. The van der Waals surface area contributed by atoms with Crippen molar-refractivity contribution in [2.75, 3.05) is 13.7 Å². The number of hydrogen-bond donors (Lipinski definition) is 2. The Hall–Kier alpha value is -1.73. The first-order chi connectivity index (χ1) is 10.1. The molecule has 0 aliphatic rings. The van der Waals surface area contributed by atoms with E-state index in [-0.39, 0.29) is 17.0 Å². The molecular formula is C14H20N4O2S. The fraction of sp³-hybridized carbons (Fsp3) is 0.429. The maximum absolute atomic E-state index is 11.8. The van der Waals surface area contributed by atoms with Crippen molar-refractivity contribution in [1.82, 2.24) is 14.8 Å². The lowest BCUT2D eigenvalue weighted by molar-refractivity contribution is 0.409. The predicted molar refractivity (Wildman–Crippen MR) is 83.9 cm³/mol. The SMILES string of the molecule is COc1ccccc1C(CN)Sc1n[nH]c(=O)n1C(C)C. The molecule has 2 rings (SSSR count). The lowest BCUT2D eigenvalue weighted by Crippen LogP contribution is -2.20. The van der Waals surface area contributed by atoms with E-state index < -0.39 is 0 Å². The van der Waals surface area contributed by atoms with Gasteiger partial charge in [-0.25, -0.2) is 9.89 Å². The summed E-state index contributed by atoms with van der Waals surface area (Å²) in [5.41, 5.74) is 6.70. The zero-order chi connectivity index (χ0) is 15.4. The van der Waals surface area contributed by atoms with Crippen LogP contribution in [0.2, 0.25) is 0 Å². The summed E-state index contributed by atoms with van der Waals surface area (Å²) in [5, 5.41) is 7.19. The fourth-order valence-electron chi connectivity index (χ4n) is 2.13. The lowest BCUT2D eigenvalue weighted by Gasteiger charge is -2.18. The number of nitrogens with zero attached hydrogens (tertiary/aromatic N) is 2. The molecule has 0 aliphatic heterocycles. The first-order valence-electron chi connectivity index (χ1n) is 6.75. The van der Waals surface area contributed by atoms with E-state index >= 15 is 0 Å². The summed E-state index contributed by atoms with van der Waals surface area (Å²) in [5.74, 6) is 0.787. The predicted octanol–water partition coefficient (Wildman–Crippen LogP) is 1.95. The van der Waals surface area contributed by atoms with E-state index in [1.807, 2.05) is 38.1 Å². The maximum atomic E-state index is 11.8. The van der Waals surface area contributed by atoms with Crippen LogP contribution in [0.15, 0.2) is 34.2 Å². The normalized spacial score (nSPS) is 12.6. The molecule has 0 spiro atoms. The minimum Gasteiger partial charge on any atom is -0.496 e. The van der Waals surface area contributed by atoms with Crippen LogP contribution in [0.5, 0.6) is 5.75 Å². The van der Waals surface area contributed by atoms with Gasteiger partial charge in [-0.1, -0.05) is 30.0 Å². The van der Waals surface area contributed by atoms with E-state index in [2.05, 4.69) is 10.2 Å². The first-order valence-corrected chi connectivity index (χ1v) is 7.63. The molecule has 0 fully saturated rings. The van der Waals surface area contributed by atoms with Crippen molar-refractivity contribution in [3.63, 3.8) is 0 Å². The van der Waals surface area contributed by atoms with Crippen LogP contribution in [-0.4, -0.2) is 28.4 Å². The van der Waals surface area contributed by atoms with Crippen LogP contribution in [-0.2, 0) is 0 Å². The summed E-state index contributed by atoms with van der Waals surface area (Å²) in [7, 11) is 1.63. The smallest absolute Gasteiger partial charge is 0.344 e. The Morgan fingerprint density at radius 2 is 2.14 bits per heavy atom. The molecule has 1 atom stereocenters. The number of methoxy groups -OCH3 is 1. The third-order valence-electron chi connectivity index (χ3n) is 3.14. The van der Waals surface area contributed by atoms with Crippen molar-refractivity contribution in [3.8, 4) is 5.75 Å². The second kappa shape index (κ2) is 6.82. The van der Waals surface area contributed by atoms with E-state index in [4.69, 9.17) is 10.5 Å². The standard InChI is InChI=1S/C14H20N4O2S/c1-9(2)18-13(19)16-17-14(18)21-12(8-15)10-6-4-5-7-11(10)20-3/h4-7,9,12H,8,15H2,1-3H3,(H,16,19). The van der Waals surface area contributed by atoms with Gasteiger partial charge in [0, 0.05) is 18.2 Å². The molecule has 7 heteroatoms. The second-order valence-corrected chi connectivity index (χ2v) is 6.03. The highest BCUT2D eigenvalue weighted by atomic mass is 32.2. The third-order valence-corrected chi connectivity index (χ3v) is 4.37. The molecule has 21 heavy (non-hydrogen) atoms. The Bertz CT molecular complexity index is 650. The van der Waals surface area contributed by atoms with Gasteiger partial charge in [0.05, 0.1) is 12.4 Å². The molecule has 0 saturated heterocycles. The summed E-state index contributed by atoms with van der Waals surface area (Å²) < 4.78 is 7.01. The van der Waals surface area contributed by atoms with Crippen LogP contribution in [0.25, 0.3) is 0 Å². The van der Waals surface area contributed by atoms with E-state index in [9.17, 15) is 4.79 Å². The number of hydrogen-bond acceptors (Lipinski definition) is 5. The van der Waals surface area contributed by atoms with Crippen LogP contribution in [0.4, 0.5) is 0 Å². The molecule has 1 heterocycles. The molecule has 0 amide bonds. The van der Waals surface area contributed by atoms with Gasteiger partial charge in [0.1, 0.15) is 5.75 Å². The van der Waals surface area contributed by atoms with Crippen molar-refractivity contribution >= 4 is 11.8 Å².